The second-order valence-corrected chi connectivity index (χ2v) is 6.51. The molecule has 6 heteroatoms. The van der Waals surface area contributed by atoms with Crippen molar-refractivity contribution in [3.8, 4) is 5.75 Å². The van der Waals surface area contributed by atoms with Crippen LogP contribution in [-0.4, -0.2) is 71.5 Å². The van der Waals surface area contributed by atoms with Crippen LogP contribution in [0.3, 0.4) is 0 Å². The zero-order valence-corrected chi connectivity index (χ0v) is 13.5. The summed E-state index contributed by atoms with van der Waals surface area (Å²) in [5, 5.41) is 19.2. The molecular weight excluding hydrogens is 280 g/mol. The third-order valence-corrected chi connectivity index (χ3v) is 4.24. The summed E-state index contributed by atoms with van der Waals surface area (Å²) >= 11 is 0. The number of likely N-dealkylation sites (tertiary alicyclic amines) is 1. The van der Waals surface area contributed by atoms with Crippen LogP contribution in [0.15, 0.2) is 18.2 Å². The van der Waals surface area contributed by atoms with Crippen molar-refractivity contribution in [2.24, 2.45) is 0 Å². The molecule has 120 valence electrons. The maximum Gasteiger partial charge on any atom is 0.119 e. The molecule has 2 aromatic rings. The molecule has 0 amide bonds. The lowest BCUT2D eigenvalue weighted by atomic mass is 10.0. The Balaban J connectivity index is 1.74. The number of fused-ring (bicyclic) bond motifs is 1. The molecule has 0 radical (unpaired) electrons. The van der Waals surface area contributed by atoms with Crippen molar-refractivity contribution < 1.29 is 9.84 Å². The number of H-pyrrole nitrogens is 1. The molecule has 0 unspecified atom stereocenters. The quantitative estimate of drug-likeness (QED) is 0.865. The zero-order chi connectivity index (χ0) is 15.7. The average Bonchev–Trinajstić information content (AvgIpc) is 3.02. The van der Waals surface area contributed by atoms with Gasteiger partial charge >= 0.3 is 0 Å². The first kappa shape index (κ1) is 15.3. The molecule has 0 spiro atoms. The number of likely N-dealkylation sites (N-methyl/N-ethyl adjacent to an activating group) is 1. The van der Waals surface area contributed by atoms with Gasteiger partial charge < -0.3 is 14.7 Å². The lowest BCUT2D eigenvalue weighted by Gasteiger charge is -2.26. The number of ether oxygens (including phenoxy) is 1. The fraction of sp³-hybridized carbons (Fsp3) is 0.562. The van der Waals surface area contributed by atoms with Crippen molar-refractivity contribution >= 4 is 10.9 Å². The monoisotopic (exact) mass is 304 g/mol. The second-order valence-electron chi connectivity index (χ2n) is 6.51. The van der Waals surface area contributed by atoms with Gasteiger partial charge in [-0.3, -0.25) is 10.00 Å². The number of hydrogen-bond acceptors (Lipinski definition) is 5. The summed E-state index contributed by atoms with van der Waals surface area (Å²) in [6.45, 7) is 3.05. The molecule has 1 aliphatic rings. The highest BCUT2D eigenvalue weighted by molar-refractivity contribution is 5.82. The number of benzene rings is 1. The Morgan fingerprint density at radius 1 is 1.45 bits per heavy atom. The van der Waals surface area contributed by atoms with Crippen LogP contribution in [0.2, 0.25) is 0 Å². The molecule has 1 fully saturated rings. The first-order valence-corrected chi connectivity index (χ1v) is 7.59. The van der Waals surface area contributed by atoms with Crippen LogP contribution in [0.4, 0.5) is 0 Å². The van der Waals surface area contributed by atoms with Gasteiger partial charge in [0.15, 0.2) is 0 Å². The third kappa shape index (κ3) is 3.09. The molecule has 2 heterocycles. The molecule has 1 atom stereocenters. The summed E-state index contributed by atoms with van der Waals surface area (Å²) in [5.41, 5.74) is 1.40. The highest BCUT2D eigenvalue weighted by atomic mass is 16.5. The van der Waals surface area contributed by atoms with Gasteiger partial charge in [-0.2, -0.15) is 5.10 Å². The summed E-state index contributed by atoms with van der Waals surface area (Å²) in [6, 6.07) is 5.88. The van der Waals surface area contributed by atoms with E-state index in [0.717, 1.165) is 41.9 Å². The Morgan fingerprint density at radius 3 is 3.00 bits per heavy atom. The number of nitrogens with one attached hydrogen (secondary N) is 1. The van der Waals surface area contributed by atoms with Gasteiger partial charge in [-0.25, -0.2) is 0 Å². The minimum absolute atomic E-state index is 0.614. The lowest BCUT2D eigenvalue weighted by molar-refractivity contribution is 0.0239. The number of hydrogen-bond donors (Lipinski definition) is 2. The minimum Gasteiger partial charge on any atom is -0.497 e. The predicted octanol–water partition coefficient (Wildman–Crippen LogP) is 1.07. The van der Waals surface area contributed by atoms with Gasteiger partial charge in [-0.05, 0) is 38.7 Å². The molecule has 2 N–H and O–H groups in total. The van der Waals surface area contributed by atoms with E-state index in [-0.39, 0.29) is 0 Å². The topological polar surface area (TPSA) is 64.6 Å². The van der Waals surface area contributed by atoms with Gasteiger partial charge in [0.25, 0.3) is 0 Å². The van der Waals surface area contributed by atoms with Crippen LogP contribution in [0.5, 0.6) is 5.75 Å². The van der Waals surface area contributed by atoms with Crippen LogP contribution in [0, 0.1) is 0 Å². The van der Waals surface area contributed by atoms with E-state index in [1.165, 1.54) is 0 Å². The predicted molar refractivity (Wildman–Crippen MR) is 86.0 cm³/mol. The van der Waals surface area contributed by atoms with E-state index < -0.39 is 5.60 Å². The number of rotatable bonds is 5. The van der Waals surface area contributed by atoms with Crippen molar-refractivity contribution in [3.63, 3.8) is 0 Å². The summed E-state index contributed by atoms with van der Waals surface area (Å²) < 4.78 is 5.29. The SMILES string of the molecule is COc1ccc2n[nH]c(CN3CC[C@](O)(CN(C)C)C3)c2c1. The standard InChI is InChI=1S/C16H24N4O2/c1-19(2)10-16(21)6-7-20(11-16)9-15-13-8-12(22-3)4-5-14(13)17-18-15/h4-5,8,21H,6-7,9-11H2,1-3H3,(H,17,18)/t16-/m0/s1. The highest BCUT2D eigenvalue weighted by Crippen LogP contribution is 2.27. The summed E-state index contributed by atoms with van der Waals surface area (Å²) in [6.07, 6.45) is 0.806. The summed E-state index contributed by atoms with van der Waals surface area (Å²) in [7, 11) is 5.66. The molecule has 0 bridgehead atoms. The molecule has 22 heavy (non-hydrogen) atoms. The van der Waals surface area contributed by atoms with E-state index in [0.29, 0.717) is 13.1 Å². The van der Waals surface area contributed by atoms with E-state index in [9.17, 15) is 5.11 Å². The number of aromatic amines is 1. The first-order chi connectivity index (χ1) is 10.5. The number of aliphatic hydroxyl groups is 1. The summed E-state index contributed by atoms with van der Waals surface area (Å²) in [5.74, 6) is 0.834. The van der Waals surface area contributed by atoms with E-state index in [1.807, 2.05) is 37.2 Å². The van der Waals surface area contributed by atoms with Gasteiger partial charge in [0.1, 0.15) is 5.75 Å². The van der Waals surface area contributed by atoms with E-state index in [1.54, 1.807) is 7.11 Å². The Hall–Kier alpha value is -1.63. The molecule has 6 nitrogen and oxygen atoms in total. The number of methoxy groups -OCH3 is 1. The molecular formula is C16H24N4O2. The van der Waals surface area contributed by atoms with Gasteiger partial charge in [0.2, 0.25) is 0 Å². The van der Waals surface area contributed by atoms with Crippen LogP contribution in [-0.2, 0) is 6.54 Å². The lowest BCUT2D eigenvalue weighted by Crippen LogP contribution is -2.42. The number of nitrogens with zero attached hydrogens (tertiary/aromatic N) is 3. The Kier molecular flexibility index (Phi) is 4.08. The maximum absolute atomic E-state index is 10.6. The molecule has 0 saturated carbocycles. The second kappa shape index (κ2) is 5.87. The smallest absolute Gasteiger partial charge is 0.119 e. The Labute approximate surface area is 130 Å². The average molecular weight is 304 g/mol. The van der Waals surface area contributed by atoms with Crippen LogP contribution in [0.25, 0.3) is 10.9 Å². The van der Waals surface area contributed by atoms with Gasteiger partial charge in [0, 0.05) is 31.6 Å². The first-order valence-electron chi connectivity index (χ1n) is 7.59. The van der Waals surface area contributed by atoms with Crippen molar-refractivity contribution in [1.29, 1.82) is 0 Å². The van der Waals surface area contributed by atoms with Gasteiger partial charge in [0.05, 0.1) is 23.9 Å². The number of β-amino-alcohol motifs (C(OH)–C–C–N with tert-alkyl or cyclic N) is 1. The third-order valence-electron chi connectivity index (χ3n) is 4.24. The minimum atomic E-state index is -0.614. The summed E-state index contributed by atoms with van der Waals surface area (Å²) in [4.78, 5) is 4.32. The fourth-order valence-corrected chi connectivity index (χ4v) is 3.31. The van der Waals surface area contributed by atoms with Crippen LogP contribution in [0.1, 0.15) is 12.1 Å². The van der Waals surface area contributed by atoms with Crippen molar-refractivity contribution in [2.45, 2.75) is 18.6 Å². The molecule has 1 saturated heterocycles. The van der Waals surface area contributed by atoms with Crippen molar-refractivity contribution in [2.75, 3.05) is 40.8 Å². The number of aromatic nitrogens is 2. The molecule has 1 aromatic heterocycles. The van der Waals surface area contributed by atoms with E-state index in [2.05, 4.69) is 15.1 Å². The molecule has 0 aliphatic carbocycles. The molecule has 3 rings (SSSR count). The maximum atomic E-state index is 10.6. The highest BCUT2D eigenvalue weighted by Gasteiger charge is 2.36. The fourth-order valence-electron chi connectivity index (χ4n) is 3.31. The normalized spacial score (nSPS) is 22.8. The largest absolute Gasteiger partial charge is 0.497 e. The van der Waals surface area contributed by atoms with Crippen molar-refractivity contribution in [3.05, 3.63) is 23.9 Å². The zero-order valence-electron chi connectivity index (χ0n) is 13.5. The molecule has 1 aromatic carbocycles. The Bertz CT molecular complexity index is 655. The van der Waals surface area contributed by atoms with Gasteiger partial charge in [-0.1, -0.05) is 0 Å². The van der Waals surface area contributed by atoms with Crippen LogP contribution < -0.4 is 4.74 Å². The van der Waals surface area contributed by atoms with E-state index in [4.69, 9.17) is 4.74 Å². The van der Waals surface area contributed by atoms with Crippen molar-refractivity contribution in [1.82, 2.24) is 20.0 Å². The van der Waals surface area contributed by atoms with Gasteiger partial charge in [-0.15, -0.1) is 0 Å². The Morgan fingerprint density at radius 2 is 2.27 bits per heavy atom. The van der Waals surface area contributed by atoms with E-state index >= 15 is 0 Å². The van der Waals surface area contributed by atoms with Crippen LogP contribution >= 0.6 is 0 Å². The molecule has 1 aliphatic heterocycles.